The average molecular weight is 301 g/mol. The number of aliphatic hydroxyl groups excluding tert-OH is 1. The molecule has 1 aliphatic carbocycles. The molecule has 0 aliphatic heterocycles. The summed E-state index contributed by atoms with van der Waals surface area (Å²) < 4.78 is 13.9. The third-order valence-corrected chi connectivity index (χ3v) is 4.01. The summed E-state index contributed by atoms with van der Waals surface area (Å²) in [5.74, 6) is 0.304. The minimum atomic E-state index is -0.537. The first-order valence-electron chi connectivity index (χ1n) is 6.29. The molecule has 2 rings (SSSR count). The van der Waals surface area contributed by atoms with Crippen LogP contribution in [0.2, 0.25) is 0 Å². The molecule has 0 amide bonds. The molecule has 0 bridgehead atoms. The summed E-state index contributed by atoms with van der Waals surface area (Å²) in [6.45, 7) is 0. The highest BCUT2D eigenvalue weighted by molar-refractivity contribution is 9.10. The Bertz CT molecular complexity index is 354. The zero-order valence-corrected chi connectivity index (χ0v) is 11.4. The van der Waals surface area contributed by atoms with Crippen molar-refractivity contribution in [3.05, 3.63) is 34.1 Å². The van der Waals surface area contributed by atoms with Gasteiger partial charge in [-0.25, -0.2) is 4.39 Å². The van der Waals surface area contributed by atoms with E-state index >= 15 is 0 Å². The molecule has 1 atom stereocenters. The maximum atomic E-state index is 13.2. The van der Waals surface area contributed by atoms with Crippen LogP contribution in [-0.2, 0) is 0 Å². The lowest BCUT2D eigenvalue weighted by molar-refractivity contribution is 0.131. The molecule has 94 valence electrons. The molecule has 1 aliphatic rings. The Labute approximate surface area is 110 Å². The quantitative estimate of drug-likeness (QED) is 0.865. The largest absolute Gasteiger partial charge is 0.388 e. The van der Waals surface area contributed by atoms with Gasteiger partial charge in [-0.3, -0.25) is 0 Å². The molecule has 1 aromatic rings. The summed E-state index contributed by atoms with van der Waals surface area (Å²) in [5, 5.41) is 10.1. The Morgan fingerprint density at radius 3 is 2.59 bits per heavy atom. The fourth-order valence-electron chi connectivity index (χ4n) is 2.64. The summed E-state index contributed by atoms with van der Waals surface area (Å²) in [6.07, 6.45) is 6.48. The minimum Gasteiger partial charge on any atom is -0.388 e. The molecule has 1 N–H and O–H groups in total. The van der Waals surface area contributed by atoms with E-state index in [1.54, 1.807) is 6.07 Å². The van der Waals surface area contributed by atoms with Crippen molar-refractivity contribution >= 4 is 15.9 Å². The Morgan fingerprint density at radius 2 is 1.94 bits per heavy atom. The summed E-state index contributed by atoms with van der Waals surface area (Å²) >= 11 is 3.26. The van der Waals surface area contributed by atoms with Crippen LogP contribution in [0.25, 0.3) is 0 Å². The van der Waals surface area contributed by atoms with Crippen molar-refractivity contribution in [1.82, 2.24) is 0 Å². The minimum absolute atomic E-state index is 0.294. The summed E-state index contributed by atoms with van der Waals surface area (Å²) in [4.78, 5) is 0. The molecule has 3 heteroatoms. The van der Waals surface area contributed by atoms with Gasteiger partial charge in [-0.15, -0.1) is 0 Å². The molecular weight excluding hydrogens is 283 g/mol. The van der Waals surface area contributed by atoms with Crippen LogP contribution in [-0.4, -0.2) is 5.11 Å². The van der Waals surface area contributed by atoms with Gasteiger partial charge in [0, 0.05) is 4.47 Å². The molecular formula is C14H18BrFO. The lowest BCUT2D eigenvalue weighted by Crippen LogP contribution is -2.11. The van der Waals surface area contributed by atoms with Crippen LogP contribution in [0.4, 0.5) is 4.39 Å². The van der Waals surface area contributed by atoms with Crippen molar-refractivity contribution in [2.45, 2.75) is 44.6 Å². The van der Waals surface area contributed by atoms with Crippen molar-refractivity contribution in [2.24, 2.45) is 5.92 Å². The van der Waals surface area contributed by atoms with Gasteiger partial charge >= 0.3 is 0 Å². The second kappa shape index (κ2) is 5.96. The maximum Gasteiger partial charge on any atom is 0.124 e. The first-order valence-corrected chi connectivity index (χ1v) is 7.08. The van der Waals surface area contributed by atoms with Crippen LogP contribution < -0.4 is 0 Å². The molecule has 1 fully saturated rings. The molecule has 17 heavy (non-hydrogen) atoms. The zero-order chi connectivity index (χ0) is 12.3. The van der Waals surface area contributed by atoms with E-state index in [1.807, 2.05) is 0 Å². The van der Waals surface area contributed by atoms with E-state index in [1.165, 1.54) is 44.2 Å². The van der Waals surface area contributed by atoms with Crippen LogP contribution in [0.5, 0.6) is 0 Å². The zero-order valence-electron chi connectivity index (χ0n) is 9.83. The number of rotatable bonds is 3. The van der Waals surface area contributed by atoms with Gasteiger partial charge < -0.3 is 5.11 Å². The van der Waals surface area contributed by atoms with Crippen molar-refractivity contribution in [3.8, 4) is 0 Å². The van der Waals surface area contributed by atoms with E-state index in [0.717, 1.165) is 6.42 Å². The van der Waals surface area contributed by atoms with Gasteiger partial charge in [0.2, 0.25) is 0 Å². The molecule has 1 unspecified atom stereocenters. The SMILES string of the molecule is OC(CC1CCCCC1)c1cc(F)cc(Br)c1. The van der Waals surface area contributed by atoms with E-state index < -0.39 is 6.10 Å². The van der Waals surface area contributed by atoms with Crippen LogP contribution in [0.3, 0.4) is 0 Å². The van der Waals surface area contributed by atoms with Crippen molar-refractivity contribution in [2.75, 3.05) is 0 Å². The fourth-order valence-corrected chi connectivity index (χ4v) is 3.13. The molecule has 0 aromatic heterocycles. The van der Waals surface area contributed by atoms with Gasteiger partial charge in [0.15, 0.2) is 0 Å². The smallest absolute Gasteiger partial charge is 0.124 e. The molecule has 1 nitrogen and oxygen atoms in total. The molecule has 0 spiro atoms. The van der Waals surface area contributed by atoms with Gasteiger partial charge in [0.1, 0.15) is 5.82 Å². The Hall–Kier alpha value is -0.410. The van der Waals surface area contributed by atoms with E-state index in [2.05, 4.69) is 15.9 Å². The third kappa shape index (κ3) is 3.78. The summed E-state index contributed by atoms with van der Waals surface area (Å²) in [5.41, 5.74) is 0.683. The Balaban J connectivity index is 2.00. The highest BCUT2D eigenvalue weighted by Crippen LogP contribution is 2.32. The normalized spacial score (nSPS) is 19.2. The standard InChI is InChI=1S/C14H18BrFO/c15-12-7-11(8-13(16)9-12)14(17)6-10-4-2-1-3-5-10/h7-10,14,17H,1-6H2. The Morgan fingerprint density at radius 1 is 1.24 bits per heavy atom. The molecule has 0 heterocycles. The van der Waals surface area contributed by atoms with Gasteiger partial charge in [0.25, 0.3) is 0 Å². The second-order valence-corrected chi connectivity index (χ2v) is 5.87. The van der Waals surface area contributed by atoms with Gasteiger partial charge in [-0.1, -0.05) is 48.0 Å². The van der Waals surface area contributed by atoms with Crippen molar-refractivity contribution < 1.29 is 9.50 Å². The lowest BCUT2D eigenvalue weighted by Gasteiger charge is -2.24. The van der Waals surface area contributed by atoms with Gasteiger partial charge in [0.05, 0.1) is 6.10 Å². The molecule has 1 saturated carbocycles. The number of benzene rings is 1. The van der Waals surface area contributed by atoms with Gasteiger partial charge in [-0.2, -0.15) is 0 Å². The first-order chi connectivity index (χ1) is 8.15. The highest BCUT2D eigenvalue weighted by Gasteiger charge is 2.19. The summed E-state index contributed by atoms with van der Waals surface area (Å²) in [7, 11) is 0. The van der Waals surface area contributed by atoms with Crippen molar-refractivity contribution in [3.63, 3.8) is 0 Å². The van der Waals surface area contributed by atoms with E-state index in [-0.39, 0.29) is 5.82 Å². The second-order valence-electron chi connectivity index (χ2n) is 4.96. The molecule has 0 saturated heterocycles. The van der Waals surface area contributed by atoms with E-state index in [0.29, 0.717) is 16.0 Å². The topological polar surface area (TPSA) is 20.2 Å². The van der Waals surface area contributed by atoms with Crippen LogP contribution in [0, 0.1) is 11.7 Å². The first kappa shape index (κ1) is 13.0. The van der Waals surface area contributed by atoms with E-state index in [4.69, 9.17) is 0 Å². The number of aliphatic hydroxyl groups is 1. The number of hydrogen-bond acceptors (Lipinski definition) is 1. The Kier molecular flexibility index (Phi) is 4.57. The molecule has 0 radical (unpaired) electrons. The molecule has 1 aromatic carbocycles. The van der Waals surface area contributed by atoms with Crippen molar-refractivity contribution in [1.29, 1.82) is 0 Å². The lowest BCUT2D eigenvalue weighted by atomic mass is 9.84. The van der Waals surface area contributed by atoms with Gasteiger partial charge in [-0.05, 0) is 36.1 Å². The van der Waals surface area contributed by atoms with Crippen LogP contribution >= 0.6 is 15.9 Å². The highest BCUT2D eigenvalue weighted by atomic mass is 79.9. The van der Waals surface area contributed by atoms with E-state index in [9.17, 15) is 9.50 Å². The predicted molar refractivity (Wildman–Crippen MR) is 70.3 cm³/mol. The fraction of sp³-hybridized carbons (Fsp3) is 0.571. The summed E-state index contributed by atoms with van der Waals surface area (Å²) in [6, 6.07) is 4.64. The predicted octanol–water partition coefficient (Wildman–Crippen LogP) is 4.59. The number of halogens is 2. The third-order valence-electron chi connectivity index (χ3n) is 3.55. The van der Waals surface area contributed by atoms with Crippen LogP contribution in [0.1, 0.15) is 50.2 Å². The maximum absolute atomic E-state index is 13.2. The average Bonchev–Trinajstić information content (AvgIpc) is 2.29. The number of hydrogen-bond donors (Lipinski definition) is 1. The monoisotopic (exact) mass is 300 g/mol. The van der Waals surface area contributed by atoms with Crippen LogP contribution in [0.15, 0.2) is 22.7 Å².